The number of ether oxygens (including phenoxy) is 2. The zero-order chi connectivity index (χ0) is 17.7. The molecule has 2 rings (SSSR count). The summed E-state index contributed by atoms with van der Waals surface area (Å²) in [5.41, 5.74) is 1.96. The van der Waals surface area contributed by atoms with E-state index in [0.29, 0.717) is 26.4 Å². The van der Waals surface area contributed by atoms with Crippen LogP contribution >= 0.6 is 0 Å². The molecule has 2 aromatic rings. The van der Waals surface area contributed by atoms with Crippen LogP contribution in [-0.4, -0.2) is 30.6 Å². The first kappa shape index (κ1) is 18.7. The first-order chi connectivity index (χ1) is 12.3. The average Bonchev–Trinajstić information content (AvgIpc) is 2.66. The van der Waals surface area contributed by atoms with Crippen LogP contribution in [0.1, 0.15) is 24.5 Å². The smallest absolute Gasteiger partial charge is 0.244 e. The first-order valence-corrected chi connectivity index (χ1v) is 8.43. The molecule has 0 saturated heterocycles. The molecule has 0 atom stereocenters. The zero-order valence-corrected chi connectivity index (χ0v) is 14.5. The van der Waals surface area contributed by atoms with Gasteiger partial charge in [0.05, 0.1) is 0 Å². The normalized spacial score (nSPS) is 10.8. The zero-order valence-electron chi connectivity index (χ0n) is 14.5. The van der Waals surface area contributed by atoms with Crippen molar-refractivity contribution in [2.75, 3.05) is 19.8 Å². The molecule has 0 fully saturated rings. The lowest BCUT2D eigenvalue weighted by Crippen LogP contribution is -2.23. The van der Waals surface area contributed by atoms with E-state index < -0.39 is 0 Å². The summed E-state index contributed by atoms with van der Waals surface area (Å²) in [5.74, 6) is 0.676. The SMILES string of the molecule is CCOCCCNC(=O)/C=C/c1ccc(OCc2cccnc2)cc1. The van der Waals surface area contributed by atoms with E-state index in [1.54, 1.807) is 18.5 Å². The van der Waals surface area contributed by atoms with Gasteiger partial charge in [-0.25, -0.2) is 0 Å². The highest BCUT2D eigenvalue weighted by Crippen LogP contribution is 2.14. The number of rotatable bonds is 10. The van der Waals surface area contributed by atoms with E-state index in [2.05, 4.69) is 10.3 Å². The van der Waals surface area contributed by atoms with Gasteiger partial charge >= 0.3 is 0 Å². The fraction of sp³-hybridized carbons (Fsp3) is 0.300. The molecule has 0 unspecified atom stereocenters. The Morgan fingerprint density at radius 1 is 1.24 bits per heavy atom. The fourth-order valence-corrected chi connectivity index (χ4v) is 2.09. The van der Waals surface area contributed by atoms with Crippen molar-refractivity contribution in [3.8, 4) is 5.75 Å². The molecule has 0 saturated carbocycles. The van der Waals surface area contributed by atoms with E-state index in [0.717, 1.165) is 23.3 Å². The Hall–Kier alpha value is -2.66. The number of pyridine rings is 1. The monoisotopic (exact) mass is 340 g/mol. The molecule has 1 amide bonds. The van der Waals surface area contributed by atoms with Crippen molar-refractivity contribution in [2.24, 2.45) is 0 Å². The van der Waals surface area contributed by atoms with E-state index >= 15 is 0 Å². The second-order valence-corrected chi connectivity index (χ2v) is 5.39. The molecule has 5 heteroatoms. The number of carbonyl (C=O) groups is 1. The standard InChI is InChI=1S/C20H24N2O3/c1-2-24-14-4-13-22-20(23)11-8-17-6-9-19(10-7-17)25-16-18-5-3-12-21-15-18/h3,5-12,15H,2,4,13-14,16H2,1H3,(H,22,23)/b11-8+. The topological polar surface area (TPSA) is 60.5 Å². The van der Waals surface area contributed by atoms with Gasteiger partial charge in [0.15, 0.2) is 0 Å². The molecular formula is C20H24N2O3. The van der Waals surface area contributed by atoms with E-state index in [1.807, 2.05) is 43.3 Å². The minimum Gasteiger partial charge on any atom is -0.489 e. The quantitative estimate of drug-likeness (QED) is 0.533. The van der Waals surface area contributed by atoms with Crippen LogP contribution in [0.5, 0.6) is 5.75 Å². The molecule has 1 aromatic carbocycles. The van der Waals surface area contributed by atoms with Gasteiger partial charge in [0.2, 0.25) is 5.91 Å². The van der Waals surface area contributed by atoms with Crippen LogP contribution in [0.25, 0.3) is 6.08 Å². The van der Waals surface area contributed by atoms with E-state index in [-0.39, 0.29) is 5.91 Å². The highest BCUT2D eigenvalue weighted by Gasteiger charge is 1.98. The van der Waals surface area contributed by atoms with Crippen molar-refractivity contribution in [3.05, 3.63) is 66.0 Å². The van der Waals surface area contributed by atoms with E-state index in [4.69, 9.17) is 9.47 Å². The minimum atomic E-state index is -0.103. The number of benzene rings is 1. The van der Waals surface area contributed by atoms with Gasteiger partial charge < -0.3 is 14.8 Å². The highest BCUT2D eigenvalue weighted by molar-refractivity contribution is 5.91. The molecule has 1 heterocycles. The Labute approximate surface area is 148 Å². The minimum absolute atomic E-state index is 0.103. The average molecular weight is 340 g/mol. The lowest BCUT2D eigenvalue weighted by Gasteiger charge is -2.06. The van der Waals surface area contributed by atoms with Crippen LogP contribution < -0.4 is 10.1 Å². The van der Waals surface area contributed by atoms with Crippen LogP contribution in [0.15, 0.2) is 54.9 Å². The predicted octanol–water partition coefficient (Wildman–Crippen LogP) is 3.22. The molecule has 1 N–H and O–H groups in total. The van der Waals surface area contributed by atoms with Crippen molar-refractivity contribution in [3.63, 3.8) is 0 Å². The second-order valence-electron chi connectivity index (χ2n) is 5.39. The third kappa shape index (κ3) is 7.63. The van der Waals surface area contributed by atoms with Gasteiger partial charge in [-0.1, -0.05) is 18.2 Å². The number of nitrogens with zero attached hydrogens (tertiary/aromatic N) is 1. The Balaban J connectivity index is 1.72. The second kappa shape index (κ2) is 11.0. The Kier molecular flexibility index (Phi) is 8.21. The lowest BCUT2D eigenvalue weighted by atomic mass is 10.2. The molecule has 0 bridgehead atoms. The fourth-order valence-electron chi connectivity index (χ4n) is 2.09. The lowest BCUT2D eigenvalue weighted by molar-refractivity contribution is -0.116. The molecular weight excluding hydrogens is 316 g/mol. The number of amides is 1. The molecule has 0 radical (unpaired) electrons. The summed E-state index contributed by atoms with van der Waals surface area (Å²) in [5, 5.41) is 2.83. The maximum absolute atomic E-state index is 11.7. The third-order valence-corrected chi connectivity index (χ3v) is 3.40. The number of hydrogen-bond donors (Lipinski definition) is 1. The van der Waals surface area contributed by atoms with Gasteiger partial charge in [-0.3, -0.25) is 9.78 Å². The summed E-state index contributed by atoms with van der Waals surface area (Å²) in [6.45, 7) is 4.42. The summed E-state index contributed by atoms with van der Waals surface area (Å²) in [4.78, 5) is 15.8. The van der Waals surface area contributed by atoms with Gasteiger partial charge in [0.25, 0.3) is 0 Å². The van der Waals surface area contributed by atoms with E-state index in [9.17, 15) is 4.79 Å². The number of nitrogens with one attached hydrogen (secondary N) is 1. The predicted molar refractivity (Wildman–Crippen MR) is 98.2 cm³/mol. The van der Waals surface area contributed by atoms with Crippen LogP contribution in [0.3, 0.4) is 0 Å². The van der Waals surface area contributed by atoms with Crippen molar-refractivity contribution < 1.29 is 14.3 Å². The molecule has 5 nitrogen and oxygen atoms in total. The summed E-state index contributed by atoms with van der Waals surface area (Å²) in [6, 6.07) is 11.5. The molecule has 1 aromatic heterocycles. The molecule has 25 heavy (non-hydrogen) atoms. The van der Waals surface area contributed by atoms with Gasteiger partial charge in [-0.05, 0) is 43.2 Å². The number of carbonyl (C=O) groups excluding carboxylic acids is 1. The summed E-state index contributed by atoms with van der Waals surface area (Å²) in [6.07, 6.45) is 7.65. The van der Waals surface area contributed by atoms with Crippen LogP contribution in [0.4, 0.5) is 0 Å². The van der Waals surface area contributed by atoms with Crippen molar-refractivity contribution in [2.45, 2.75) is 20.0 Å². The maximum Gasteiger partial charge on any atom is 0.244 e. The van der Waals surface area contributed by atoms with Crippen molar-refractivity contribution in [1.82, 2.24) is 10.3 Å². The van der Waals surface area contributed by atoms with Gasteiger partial charge in [0, 0.05) is 43.8 Å². The molecule has 0 aliphatic heterocycles. The van der Waals surface area contributed by atoms with Gasteiger partial charge in [-0.2, -0.15) is 0 Å². The highest BCUT2D eigenvalue weighted by atomic mass is 16.5. The number of hydrogen-bond acceptors (Lipinski definition) is 4. The van der Waals surface area contributed by atoms with Crippen LogP contribution in [0, 0.1) is 0 Å². The van der Waals surface area contributed by atoms with Crippen LogP contribution in [0.2, 0.25) is 0 Å². The first-order valence-electron chi connectivity index (χ1n) is 8.43. The Morgan fingerprint density at radius 3 is 2.80 bits per heavy atom. The summed E-state index contributed by atoms with van der Waals surface area (Å²) < 4.78 is 10.9. The summed E-state index contributed by atoms with van der Waals surface area (Å²) >= 11 is 0. The molecule has 0 spiro atoms. The van der Waals surface area contributed by atoms with Gasteiger partial charge in [0.1, 0.15) is 12.4 Å². The Bertz CT molecular complexity index is 654. The molecule has 0 aliphatic rings. The van der Waals surface area contributed by atoms with Crippen molar-refractivity contribution >= 4 is 12.0 Å². The summed E-state index contributed by atoms with van der Waals surface area (Å²) in [7, 11) is 0. The Morgan fingerprint density at radius 2 is 2.08 bits per heavy atom. The van der Waals surface area contributed by atoms with E-state index in [1.165, 1.54) is 6.08 Å². The van der Waals surface area contributed by atoms with Crippen LogP contribution in [-0.2, 0) is 16.1 Å². The van der Waals surface area contributed by atoms with Gasteiger partial charge in [-0.15, -0.1) is 0 Å². The maximum atomic E-state index is 11.7. The third-order valence-electron chi connectivity index (χ3n) is 3.40. The van der Waals surface area contributed by atoms with Crippen molar-refractivity contribution in [1.29, 1.82) is 0 Å². The number of aromatic nitrogens is 1. The molecule has 132 valence electrons. The molecule has 0 aliphatic carbocycles. The largest absolute Gasteiger partial charge is 0.489 e.